The summed E-state index contributed by atoms with van der Waals surface area (Å²) in [5.41, 5.74) is 6.18. The van der Waals surface area contributed by atoms with Gasteiger partial charge < -0.3 is 9.88 Å². The summed E-state index contributed by atoms with van der Waals surface area (Å²) in [5, 5.41) is 5.19. The number of rotatable bonds is 4. The molecule has 0 bridgehead atoms. The van der Waals surface area contributed by atoms with Crippen LogP contribution in [0.4, 0.5) is 11.5 Å². The number of para-hydroxylation sites is 1. The Bertz CT molecular complexity index is 1320. The molecule has 5 rings (SSSR count). The number of benzene rings is 3. The Labute approximate surface area is 179 Å². The molecule has 0 amide bonds. The molecule has 146 valence electrons. The predicted octanol–water partition coefficient (Wildman–Crippen LogP) is 6.79. The second-order valence-electron chi connectivity index (χ2n) is 7.12. The molecule has 0 fully saturated rings. The molecule has 0 aliphatic rings. The summed E-state index contributed by atoms with van der Waals surface area (Å²) in [4.78, 5) is 9.22. The lowest BCUT2D eigenvalue weighted by Crippen LogP contribution is -1.99. The summed E-state index contributed by atoms with van der Waals surface area (Å²) in [5.74, 6) is 0.779. The highest BCUT2D eigenvalue weighted by molar-refractivity contribution is 6.30. The third-order valence-corrected chi connectivity index (χ3v) is 5.42. The Morgan fingerprint density at radius 3 is 2.33 bits per heavy atom. The van der Waals surface area contributed by atoms with Gasteiger partial charge in [-0.3, -0.25) is 0 Å². The first-order valence-electron chi connectivity index (χ1n) is 9.71. The van der Waals surface area contributed by atoms with E-state index in [1.54, 1.807) is 6.33 Å². The molecule has 0 saturated carbocycles. The van der Waals surface area contributed by atoms with Crippen LogP contribution >= 0.6 is 11.6 Å². The zero-order valence-electron chi connectivity index (χ0n) is 16.4. The number of aromatic nitrogens is 3. The van der Waals surface area contributed by atoms with Crippen LogP contribution in [0, 0.1) is 6.92 Å². The van der Waals surface area contributed by atoms with E-state index in [1.165, 1.54) is 0 Å². The maximum atomic E-state index is 6.10. The summed E-state index contributed by atoms with van der Waals surface area (Å²) in [7, 11) is 0. The fourth-order valence-electron chi connectivity index (χ4n) is 3.63. The van der Waals surface area contributed by atoms with Crippen LogP contribution in [-0.4, -0.2) is 14.5 Å². The Hall–Kier alpha value is -3.63. The molecule has 2 aromatic heterocycles. The Morgan fingerprint density at radius 1 is 0.833 bits per heavy atom. The molecule has 0 atom stereocenters. The van der Waals surface area contributed by atoms with Crippen molar-refractivity contribution in [2.24, 2.45) is 0 Å². The summed E-state index contributed by atoms with van der Waals surface area (Å²) in [6.07, 6.45) is 3.71. The number of hydrogen-bond acceptors (Lipinski definition) is 3. The first-order valence-corrected chi connectivity index (χ1v) is 10.1. The molecule has 0 spiro atoms. The molecule has 0 unspecified atom stereocenters. The van der Waals surface area contributed by atoms with Crippen LogP contribution < -0.4 is 5.32 Å². The highest BCUT2D eigenvalue weighted by atomic mass is 35.5. The van der Waals surface area contributed by atoms with Crippen LogP contribution in [0.25, 0.3) is 27.8 Å². The summed E-state index contributed by atoms with van der Waals surface area (Å²) >= 11 is 6.10. The zero-order valence-corrected chi connectivity index (χ0v) is 17.1. The number of anilines is 2. The number of fused-ring (bicyclic) bond motifs is 1. The second kappa shape index (κ2) is 7.65. The first kappa shape index (κ1) is 18.4. The van der Waals surface area contributed by atoms with Gasteiger partial charge in [0.15, 0.2) is 5.65 Å². The summed E-state index contributed by atoms with van der Waals surface area (Å²) in [6, 6.07) is 26.3. The molecule has 0 aliphatic heterocycles. The minimum absolute atomic E-state index is 0.704. The van der Waals surface area contributed by atoms with E-state index in [9.17, 15) is 0 Å². The van der Waals surface area contributed by atoms with Crippen LogP contribution in [0.2, 0.25) is 5.02 Å². The van der Waals surface area contributed by atoms with Crippen LogP contribution in [0.15, 0.2) is 91.4 Å². The summed E-state index contributed by atoms with van der Waals surface area (Å²) < 4.78 is 2.08. The monoisotopic (exact) mass is 410 g/mol. The van der Waals surface area contributed by atoms with Crippen molar-refractivity contribution in [2.75, 3.05) is 5.32 Å². The average Bonchev–Trinajstić information content (AvgIpc) is 3.17. The third-order valence-electron chi connectivity index (χ3n) is 5.17. The van der Waals surface area contributed by atoms with Crippen molar-refractivity contribution >= 4 is 34.1 Å². The van der Waals surface area contributed by atoms with Gasteiger partial charge in [0, 0.05) is 28.2 Å². The van der Waals surface area contributed by atoms with Crippen molar-refractivity contribution in [1.82, 2.24) is 14.5 Å². The van der Waals surface area contributed by atoms with Gasteiger partial charge in [-0.15, -0.1) is 0 Å². The van der Waals surface area contributed by atoms with Gasteiger partial charge in [0.1, 0.15) is 12.1 Å². The van der Waals surface area contributed by atoms with Crippen LogP contribution in [-0.2, 0) is 0 Å². The van der Waals surface area contributed by atoms with Gasteiger partial charge >= 0.3 is 0 Å². The van der Waals surface area contributed by atoms with E-state index in [2.05, 4.69) is 57.2 Å². The Morgan fingerprint density at radius 2 is 1.57 bits per heavy atom. The minimum Gasteiger partial charge on any atom is -0.339 e. The van der Waals surface area contributed by atoms with Crippen molar-refractivity contribution < 1.29 is 0 Å². The number of halogens is 1. The van der Waals surface area contributed by atoms with Gasteiger partial charge in [-0.2, -0.15) is 0 Å². The number of nitrogens with one attached hydrogen (secondary N) is 1. The van der Waals surface area contributed by atoms with E-state index in [0.717, 1.165) is 44.9 Å². The van der Waals surface area contributed by atoms with E-state index in [4.69, 9.17) is 11.6 Å². The van der Waals surface area contributed by atoms with Gasteiger partial charge in [0.05, 0.1) is 5.39 Å². The molecule has 4 nitrogen and oxygen atoms in total. The van der Waals surface area contributed by atoms with E-state index in [1.807, 2.05) is 54.6 Å². The van der Waals surface area contributed by atoms with Crippen LogP contribution in [0.1, 0.15) is 5.56 Å². The zero-order chi connectivity index (χ0) is 20.5. The first-order chi connectivity index (χ1) is 14.7. The lowest BCUT2D eigenvalue weighted by Gasteiger charge is -2.11. The van der Waals surface area contributed by atoms with Gasteiger partial charge in [0.25, 0.3) is 0 Å². The number of aryl methyl sites for hydroxylation is 1. The highest BCUT2D eigenvalue weighted by Gasteiger charge is 2.17. The largest absolute Gasteiger partial charge is 0.339 e. The molecule has 30 heavy (non-hydrogen) atoms. The molecule has 0 aliphatic carbocycles. The molecular formula is C25H19ClN4. The molecule has 5 aromatic rings. The van der Waals surface area contributed by atoms with Gasteiger partial charge in [0.2, 0.25) is 0 Å². The third kappa shape index (κ3) is 3.31. The van der Waals surface area contributed by atoms with Crippen molar-refractivity contribution in [3.63, 3.8) is 0 Å². The second-order valence-corrected chi connectivity index (χ2v) is 7.55. The minimum atomic E-state index is 0.704. The number of nitrogens with zero attached hydrogens (tertiary/aromatic N) is 3. The molecule has 3 aromatic carbocycles. The smallest absolute Gasteiger partial charge is 0.150 e. The maximum Gasteiger partial charge on any atom is 0.150 e. The standard InChI is InChI=1S/C25H19ClN4/c1-17-7-5-6-10-22(17)29-24-23-21(18-8-3-2-4-9-18)15-30(25(23)28-16-27-24)20-13-11-19(26)12-14-20/h2-16H,1H3,(H,27,28,29). The molecule has 5 heteroatoms. The van der Waals surface area contributed by atoms with Gasteiger partial charge in [-0.25, -0.2) is 9.97 Å². The van der Waals surface area contributed by atoms with Crippen LogP contribution in [0.3, 0.4) is 0 Å². The van der Waals surface area contributed by atoms with Gasteiger partial charge in [-0.1, -0.05) is 60.1 Å². The molecule has 1 N–H and O–H groups in total. The van der Waals surface area contributed by atoms with E-state index in [-0.39, 0.29) is 0 Å². The summed E-state index contributed by atoms with van der Waals surface area (Å²) in [6.45, 7) is 2.08. The SMILES string of the molecule is Cc1ccccc1Nc1ncnc2c1c(-c1ccccc1)cn2-c1ccc(Cl)cc1. The fourth-order valence-corrected chi connectivity index (χ4v) is 3.76. The van der Waals surface area contributed by atoms with Crippen LogP contribution in [0.5, 0.6) is 0 Å². The Kier molecular flexibility index (Phi) is 4.69. The molecule has 2 heterocycles. The maximum absolute atomic E-state index is 6.10. The van der Waals surface area contributed by atoms with E-state index < -0.39 is 0 Å². The average molecular weight is 411 g/mol. The molecule has 0 radical (unpaired) electrons. The van der Waals surface area contributed by atoms with Crippen molar-refractivity contribution in [2.45, 2.75) is 6.92 Å². The molecule has 0 saturated heterocycles. The van der Waals surface area contributed by atoms with E-state index in [0.29, 0.717) is 5.02 Å². The van der Waals surface area contributed by atoms with E-state index >= 15 is 0 Å². The van der Waals surface area contributed by atoms with Crippen molar-refractivity contribution in [1.29, 1.82) is 0 Å². The highest BCUT2D eigenvalue weighted by Crippen LogP contribution is 2.36. The normalized spacial score (nSPS) is 11.0. The predicted molar refractivity (Wildman–Crippen MR) is 124 cm³/mol. The van der Waals surface area contributed by atoms with Crippen molar-refractivity contribution in [3.05, 3.63) is 102 Å². The quantitative estimate of drug-likeness (QED) is 0.354. The lowest BCUT2D eigenvalue weighted by atomic mass is 10.1. The van der Waals surface area contributed by atoms with Crippen molar-refractivity contribution in [3.8, 4) is 16.8 Å². The van der Waals surface area contributed by atoms with Gasteiger partial charge in [-0.05, 0) is 48.4 Å². The number of hydrogen-bond donors (Lipinski definition) is 1. The Balaban J connectivity index is 1.76. The topological polar surface area (TPSA) is 42.7 Å². The fraction of sp³-hybridized carbons (Fsp3) is 0.0400. The molecular weight excluding hydrogens is 392 g/mol. The lowest BCUT2D eigenvalue weighted by molar-refractivity contribution is 1.08.